The van der Waals surface area contributed by atoms with E-state index in [-0.39, 0.29) is 24.0 Å². The molecule has 2 aromatic rings. The Hall–Kier alpha value is -1.83. The third-order valence-electron chi connectivity index (χ3n) is 4.17. The van der Waals surface area contributed by atoms with Gasteiger partial charge in [0.05, 0.1) is 6.61 Å². The smallest absolute Gasteiger partial charge is 0.191 e. The lowest BCUT2D eigenvalue weighted by molar-refractivity contribution is 0.357. The maximum absolute atomic E-state index is 5.56. The lowest BCUT2D eigenvalue weighted by Crippen LogP contribution is -2.38. The molecule has 1 aliphatic heterocycles. The Labute approximate surface area is 172 Å². The summed E-state index contributed by atoms with van der Waals surface area (Å²) in [4.78, 5) is 8.96. The van der Waals surface area contributed by atoms with Crippen molar-refractivity contribution in [2.75, 3.05) is 26.2 Å². The number of ether oxygens (including phenoxy) is 1. The zero-order valence-electron chi connectivity index (χ0n) is 15.2. The van der Waals surface area contributed by atoms with Crippen LogP contribution in [0.3, 0.4) is 0 Å². The zero-order chi connectivity index (χ0) is 17.3. The van der Waals surface area contributed by atoms with Gasteiger partial charge in [0, 0.05) is 44.4 Å². The highest BCUT2D eigenvalue weighted by Gasteiger charge is 2.11. The maximum atomic E-state index is 5.56. The molecule has 0 fully saturated rings. The molecule has 2 heterocycles. The standard InChI is InChI=1S/C20H26N4O.HI/c1-2-21-20(24-13-9-18-5-3-4-11-22-18)23-12-8-16-6-7-19-17(15-16)10-14-25-19;/h3-7,11,15H,2,8-10,12-14H2,1H3,(H2,21,23,24);1H. The zero-order valence-corrected chi connectivity index (χ0v) is 17.5. The van der Waals surface area contributed by atoms with E-state index >= 15 is 0 Å². The molecule has 140 valence electrons. The number of hydrogen-bond acceptors (Lipinski definition) is 3. The van der Waals surface area contributed by atoms with Gasteiger partial charge >= 0.3 is 0 Å². The van der Waals surface area contributed by atoms with E-state index in [0.717, 1.165) is 62.9 Å². The van der Waals surface area contributed by atoms with Crippen molar-refractivity contribution in [3.05, 3.63) is 59.4 Å². The van der Waals surface area contributed by atoms with Crippen LogP contribution in [0.2, 0.25) is 0 Å². The number of aliphatic imine (C=N–C) groups is 1. The van der Waals surface area contributed by atoms with E-state index in [4.69, 9.17) is 4.74 Å². The van der Waals surface area contributed by atoms with Gasteiger partial charge in [-0.15, -0.1) is 24.0 Å². The minimum Gasteiger partial charge on any atom is -0.493 e. The highest BCUT2D eigenvalue weighted by atomic mass is 127. The first-order chi connectivity index (χ1) is 12.3. The van der Waals surface area contributed by atoms with Crippen molar-refractivity contribution in [1.82, 2.24) is 15.6 Å². The van der Waals surface area contributed by atoms with E-state index in [1.807, 2.05) is 24.4 Å². The number of nitrogens with one attached hydrogen (secondary N) is 2. The number of fused-ring (bicyclic) bond motifs is 1. The largest absolute Gasteiger partial charge is 0.493 e. The van der Waals surface area contributed by atoms with Crippen LogP contribution in [0.5, 0.6) is 5.75 Å². The molecule has 0 saturated carbocycles. The van der Waals surface area contributed by atoms with Crippen molar-refractivity contribution < 1.29 is 4.74 Å². The van der Waals surface area contributed by atoms with E-state index in [1.165, 1.54) is 11.1 Å². The maximum Gasteiger partial charge on any atom is 0.191 e. The van der Waals surface area contributed by atoms with Crippen LogP contribution in [0, 0.1) is 0 Å². The quantitative estimate of drug-likeness (QED) is 0.374. The molecule has 0 amide bonds. The van der Waals surface area contributed by atoms with E-state index in [2.05, 4.69) is 45.7 Å². The molecule has 0 saturated heterocycles. The number of aromatic nitrogens is 1. The first-order valence-corrected chi connectivity index (χ1v) is 9.02. The van der Waals surface area contributed by atoms with Crippen LogP contribution in [0.1, 0.15) is 23.7 Å². The summed E-state index contributed by atoms with van der Waals surface area (Å²) in [6.45, 7) is 5.32. The second-order valence-corrected chi connectivity index (χ2v) is 6.05. The van der Waals surface area contributed by atoms with Gasteiger partial charge in [-0.25, -0.2) is 0 Å². The molecule has 1 aromatic carbocycles. The highest BCUT2D eigenvalue weighted by molar-refractivity contribution is 14.0. The molecule has 0 atom stereocenters. The van der Waals surface area contributed by atoms with E-state index in [0.29, 0.717) is 0 Å². The van der Waals surface area contributed by atoms with Crippen molar-refractivity contribution in [3.8, 4) is 5.75 Å². The van der Waals surface area contributed by atoms with Gasteiger partial charge in [-0.3, -0.25) is 9.98 Å². The summed E-state index contributed by atoms with van der Waals surface area (Å²) >= 11 is 0. The Morgan fingerprint density at radius 3 is 2.92 bits per heavy atom. The average molecular weight is 466 g/mol. The summed E-state index contributed by atoms with van der Waals surface area (Å²) in [6.07, 6.45) is 4.67. The molecular formula is C20H27IN4O. The second kappa shape index (κ2) is 11.0. The summed E-state index contributed by atoms with van der Waals surface area (Å²) in [5.41, 5.74) is 3.73. The number of hydrogen-bond donors (Lipinski definition) is 2. The summed E-state index contributed by atoms with van der Waals surface area (Å²) in [5.74, 6) is 1.91. The van der Waals surface area contributed by atoms with Crippen molar-refractivity contribution in [3.63, 3.8) is 0 Å². The van der Waals surface area contributed by atoms with Gasteiger partial charge in [-0.1, -0.05) is 18.2 Å². The van der Waals surface area contributed by atoms with Gasteiger partial charge in [0.2, 0.25) is 0 Å². The first-order valence-electron chi connectivity index (χ1n) is 9.02. The molecule has 1 aliphatic rings. The lowest BCUT2D eigenvalue weighted by atomic mass is 10.1. The molecular weight excluding hydrogens is 439 g/mol. The molecule has 5 nitrogen and oxygen atoms in total. The summed E-state index contributed by atoms with van der Waals surface area (Å²) in [5, 5.41) is 6.71. The Morgan fingerprint density at radius 2 is 2.12 bits per heavy atom. The number of guanidine groups is 1. The van der Waals surface area contributed by atoms with Gasteiger partial charge < -0.3 is 15.4 Å². The topological polar surface area (TPSA) is 58.5 Å². The molecule has 2 N–H and O–H groups in total. The van der Waals surface area contributed by atoms with Crippen LogP contribution >= 0.6 is 24.0 Å². The SMILES string of the molecule is CCNC(=NCCc1ccccn1)NCCc1ccc2c(c1)CCO2.I. The Balaban J connectivity index is 0.00000243. The fourth-order valence-corrected chi connectivity index (χ4v) is 2.89. The molecule has 0 bridgehead atoms. The predicted molar refractivity (Wildman–Crippen MR) is 117 cm³/mol. The third-order valence-corrected chi connectivity index (χ3v) is 4.17. The molecule has 1 aromatic heterocycles. The van der Waals surface area contributed by atoms with Gasteiger partial charge in [0.15, 0.2) is 5.96 Å². The first kappa shape index (κ1) is 20.5. The van der Waals surface area contributed by atoms with Gasteiger partial charge in [-0.05, 0) is 42.7 Å². The predicted octanol–water partition coefficient (Wildman–Crippen LogP) is 2.97. The summed E-state index contributed by atoms with van der Waals surface area (Å²) in [7, 11) is 0. The number of nitrogens with zero attached hydrogens (tertiary/aromatic N) is 2. The number of benzene rings is 1. The van der Waals surface area contributed by atoms with Crippen LogP contribution in [0.25, 0.3) is 0 Å². The van der Waals surface area contributed by atoms with E-state index < -0.39 is 0 Å². The third kappa shape index (κ3) is 6.16. The average Bonchev–Trinajstić information content (AvgIpc) is 3.10. The minimum atomic E-state index is 0. The Bertz CT molecular complexity index is 706. The van der Waals surface area contributed by atoms with Gasteiger partial charge in [0.1, 0.15) is 5.75 Å². The van der Waals surface area contributed by atoms with Crippen LogP contribution in [0.15, 0.2) is 47.6 Å². The number of rotatable bonds is 7. The molecule has 0 radical (unpaired) electrons. The van der Waals surface area contributed by atoms with Crippen molar-refractivity contribution in [2.45, 2.75) is 26.2 Å². The molecule has 26 heavy (non-hydrogen) atoms. The van der Waals surface area contributed by atoms with Gasteiger partial charge in [0.25, 0.3) is 0 Å². The fourth-order valence-electron chi connectivity index (χ4n) is 2.89. The van der Waals surface area contributed by atoms with Crippen molar-refractivity contribution in [1.29, 1.82) is 0 Å². The van der Waals surface area contributed by atoms with Crippen molar-refractivity contribution >= 4 is 29.9 Å². The fraction of sp³-hybridized carbons (Fsp3) is 0.400. The van der Waals surface area contributed by atoms with Gasteiger partial charge in [-0.2, -0.15) is 0 Å². The van der Waals surface area contributed by atoms with Crippen LogP contribution in [-0.2, 0) is 19.3 Å². The minimum absolute atomic E-state index is 0. The van der Waals surface area contributed by atoms with Crippen LogP contribution in [0.4, 0.5) is 0 Å². The molecule has 0 aliphatic carbocycles. The van der Waals surface area contributed by atoms with E-state index in [1.54, 1.807) is 0 Å². The molecule has 6 heteroatoms. The van der Waals surface area contributed by atoms with E-state index in [9.17, 15) is 0 Å². The van der Waals surface area contributed by atoms with Crippen LogP contribution in [-0.4, -0.2) is 37.2 Å². The number of halogens is 1. The highest BCUT2D eigenvalue weighted by Crippen LogP contribution is 2.25. The lowest BCUT2D eigenvalue weighted by Gasteiger charge is -2.11. The van der Waals surface area contributed by atoms with Crippen molar-refractivity contribution in [2.24, 2.45) is 4.99 Å². The summed E-state index contributed by atoms with van der Waals surface area (Å²) in [6, 6.07) is 12.5. The molecule has 3 rings (SSSR count). The second-order valence-electron chi connectivity index (χ2n) is 6.05. The normalized spacial score (nSPS) is 12.7. The number of pyridine rings is 1. The molecule has 0 unspecified atom stereocenters. The van der Waals surface area contributed by atoms with Crippen LogP contribution < -0.4 is 15.4 Å². The Kier molecular flexibility index (Phi) is 8.67. The molecule has 0 spiro atoms. The monoisotopic (exact) mass is 466 g/mol. The Morgan fingerprint density at radius 1 is 1.19 bits per heavy atom. The summed E-state index contributed by atoms with van der Waals surface area (Å²) < 4.78 is 5.56.